The SMILES string of the molecule is O=C(O)c1cc(F)ccc1Sc1ccc(Br)cc1. The molecule has 0 heterocycles. The van der Waals surface area contributed by atoms with E-state index in [1.54, 1.807) is 0 Å². The van der Waals surface area contributed by atoms with E-state index in [-0.39, 0.29) is 5.56 Å². The number of carboxylic acid groups (broad SMARTS) is 1. The molecule has 2 rings (SSSR count). The Balaban J connectivity index is 2.34. The zero-order valence-electron chi connectivity index (χ0n) is 9.06. The Bertz CT molecular complexity index is 584. The van der Waals surface area contributed by atoms with Gasteiger partial charge in [0.05, 0.1) is 5.56 Å². The number of carboxylic acids is 1. The van der Waals surface area contributed by atoms with Gasteiger partial charge in [-0.15, -0.1) is 0 Å². The van der Waals surface area contributed by atoms with Gasteiger partial charge in [-0.1, -0.05) is 27.7 Å². The third kappa shape index (κ3) is 3.11. The summed E-state index contributed by atoms with van der Waals surface area (Å²) in [4.78, 5) is 12.4. The summed E-state index contributed by atoms with van der Waals surface area (Å²) in [5, 5.41) is 9.02. The quantitative estimate of drug-likeness (QED) is 0.906. The molecule has 0 spiro atoms. The van der Waals surface area contributed by atoms with Gasteiger partial charge in [-0.2, -0.15) is 0 Å². The summed E-state index contributed by atoms with van der Waals surface area (Å²) in [6.07, 6.45) is 0. The fourth-order valence-electron chi connectivity index (χ4n) is 1.39. The highest BCUT2D eigenvalue weighted by atomic mass is 79.9. The van der Waals surface area contributed by atoms with E-state index in [1.807, 2.05) is 24.3 Å². The van der Waals surface area contributed by atoms with E-state index >= 15 is 0 Å². The molecule has 0 aliphatic heterocycles. The maximum Gasteiger partial charge on any atom is 0.336 e. The monoisotopic (exact) mass is 326 g/mol. The molecule has 2 aromatic carbocycles. The lowest BCUT2D eigenvalue weighted by atomic mass is 10.2. The molecule has 0 amide bonds. The predicted molar refractivity (Wildman–Crippen MR) is 71.6 cm³/mol. The molecule has 0 aliphatic rings. The summed E-state index contributed by atoms with van der Waals surface area (Å²) in [6, 6.07) is 11.2. The van der Waals surface area contributed by atoms with Crippen LogP contribution in [-0.2, 0) is 0 Å². The molecule has 0 fully saturated rings. The van der Waals surface area contributed by atoms with Crippen molar-refractivity contribution in [1.82, 2.24) is 0 Å². The van der Waals surface area contributed by atoms with Gasteiger partial charge in [0, 0.05) is 14.3 Å². The molecule has 0 unspecified atom stereocenters. The second kappa shape index (κ2) is 5.54. The van der Waals surface area contributed by atoms with E-state index in [0.717, 1.165) is 15.4 Å². The Morgan fingerprint density at radius 1 is 1.17 bits per heavy atom. The molecule has 5 heteroatoms. The predicted octanol–water partition coefficient (Wildman–Crippen LogP) is 4.44. The van der Waals surface area contributed by atoms with Crippen LogP contribution in [0.3, 0.4) is 0 Å². The van der Waals surface area contributed by atoms with Crippen LogP contribution in [0.2, 0.25) is 0 Å². The van der Waals surface area contributed by atoms with Gasteiger partial charge in [0.15, 0.2) is 0 Å². The number of hydrogen-bond acceptors (Lipinski definition) is 2. The lowest BCUT2D eigenvalue weighted by molar-refractivity contribution is 0.0692. The summed E-state index contributed by atoms with van der Waals surface area (Å²) >= 11 is 4.62. The topological polar surface area (TPSA) is 37.3 Å². The van der Waals surface area contributed by atoms with Crippen molar-refractivity contribution in [2.45, 2.75) is 9.79 Å². The average molecular weight is 327 g/mol. The van der Waals surface area contributed by atoms with Crippen LogP contribution < -0.4 is 0 Å². The summed E-state index contributed by atoms with van der Waals surface area (Å²) in [5.41, 5.74) is -0.0251. The fraction of sp³-hybridized carbons (Fsp3) is 0. The number of hydrogen-bond donors (Lipinski definition) is 1. The minimum Gasteiger partial charge on any atom is -0.478 e. The smallest absolute Gasteiger partial charge is 0.336 e. The number of aromatic carboxylic acids is 1. The van der Waals surface area contributed by atoms with Gasteiger partial charge in [-0.25, -0.2) is 9.18 Å². The van der Waals surface area contributed by atoms with Gasteiger partial charge in [0.25, 0.3) is 0 Å². The third-order valence-corrected chi connectivity index (χ3v) is 3.83. The van der Waals surface area contributed by atoms with Crippen molar-refractivity contribution in [1.29, 1.82) is 0 Å². The van der Waals surface area contributed by atoms with Crippen molar-refractivity contribution in [2.24, 2.45) is 0 Å². The molecule has 2 aromatic rings. The van der Waals surface area contributed by atoms with E-state index in [2.05, 4.69) is 15.9 Å². The first-order valence-corrected chi connectivity index (χ1v) is 6.63. The molecule has 92 valence electrons. The van der Waals surface area contributed by atoms with Crippen molar-refractivity contribution in [3.63, 3.8) is 0 Å². The largest absolute Gasteiger partial charge is 0.478 e. The minimum atomic E-state index is -1.13. The molecule has 1 N–H and O–H groups in total. The first-order chi connectivity index (χ1) is 8.56. The molecule has 0 bridgehead atoms. The van der Waals surface area contributed by atoms with Gasteiger partial charge in [-0.05, 0) is 42.5 Å². The zero-order valence-corrected chi connectivity index (χ0v) is 11.5. The molecule has 0 aliphatic carbocycles. The van der Waals surface area contributed by atoms with E-state index in [4.69, 9.17) is 5.11 Å². The van der Waals surface area contributed by atoms with Crippen molar-refractivity contribution in [3.05, 3.63) is 58.3 Å². The maximum atomic E-state index is 13.0. The minimum absolute atomic E-state index is 0.0251. The number of carbonyl (C=O) groups is 1. The van der Waals surface area contributed by atoms with Crippen LogP contribution in [0.4, 0.5) is 4.39 Å². The Morgan fingerprint density at radius 2 is 1.83 bits per heavy atom. The number of benzene rings is 2. The van der Waals surface area contributed by atoms with Crippen molar-refractivity contribution in [3.8, 4) is 0 Å². The third-order valence-electron chi connectivity index (χ3n) is 2.21. The van der Waals surface area contributed by atoms with Gasteiger partial charge in [-0.3, -0.25) is 0 Å². The van der Waals surface area contributed by atoms with Crippen LogP contribution in [0.1, 0.15) is 10.4 Å². The van der Waals surface area contributed by atoms with Crippen LogP contribution in [0, 0.1) is 5.82 Å². The molecule has 2 nitrogen and oxygen atoms in total. The molecule has 18 heavy (non-hydrogen) atoms. The molecule has 0 atom stereocenters. The zero-order chi connectivity index (χ0) is 13.1. The molecule has 0 saturated heterocycles. The molecular formula is C13H8BrFO2S. The summed E-state index contributed by atoms with van der Waals surface area (Å²) < 4.78 is 14.0. The summed E-state index contributed by atoms with van der Waals surface area (Å²) in [5.74, 6) is -1.68. The van der Waals surface area contributed by atoms with Gasteiger partial charge < -0.3 is 5.11 Å². The second-order valence-corrected chi connectivity index (χ2v) is 5.53. The van der Waals surface area contributed by atoms with Crippen LogP contribution in [0.5, 0.6) is 0 Å². The standard InChI is InChI=1S/C13H8BrFO2S/c14-8-1-4-10(5-2-8)18-12-6-3-9(15)7-11(12)13(16)17/h1-7H,(H,16,17). The van der Waals surface area contributed by atoms with Gasteiger partial charge >= 0.3 is 5.97 Å². The van der Waals surface area contributed by atoms with Gasteiger partial charge in [0.2, 0.25) is 0 Å². The normalized spacial score (nSPS) is 10.3. The molecule has 0 saturated carbocycles. The maximum absolute atomic E-state index is 13.0. The molecular weight excluding hydrogens is 319 g/mol. The Morgan fingerprint density at radius 3 is 2.44 bits per heavy atom. The second-order valence-electron chi connectivity index (χ2n) is 3.50. The fourth-order valence-corrected chi connectivity index (χ4v) is 2.57. The number of halogens is 2. The van der Waals surface area contributed by atoms with E-state index in [1.165, 1.54) is 23.9 Å². The highest BCUT2D eigenvalue weighted by Crippen LogP contribution is 2.31. The summed E-state index contributed by atoms with van der Waals surface area (Å²) in [6.45, 7) is 0. The van der Waals surface area contributed by atoms with Crippen LogP contribution in [0.15, 0.2) is 56.7 Å². The van der Waals surface area contributed by atoms with Gasteiger partial charge in [0.1, 0.15) is 5.82 Å². The highest BCUT2D eigenvalue weighted by molar-refractivity contribution is 9.10. The van der Waals surface area contributed by atoms with E-state index in [9.17, 15) is 9.18 Å². The first-order valence-electron chi connectivity index (χ1n) is 5.02. The van der Waals surface area contributed by atoms with E-state index < -0.39 is 11.8 Å². The van der Waals surface area contributed by atoms with Crippen LogP contribution in [0.25, 0.3) is 0 Å². The molecule has 0 aromatic heterocycles. The Kier molecular flexibility index (Phi) is 4.04. The van der Waals surface area contributed by atoms with Crippen molar-refractivity contribution < 1.29 is 14.3 Å². The Labute approximate surface area is 116 Å². The van der Waals surface area contributed by atoms with E-state index in [0.29, 0.717) is 4.90 Å². The lowest BCUT2D eigenvalue weighted by Crippen LogP contribution is -1.99. The number of rotatable bonds is 3. The van der Waals surface area contributed by atoms with Crippen molar-refractivity contribution >= 4 is 33.7 Å². The average Bonchev–Trinajstić information content (AvgIpc) is 2.34. The van der Waals surface area contributed by atoms with Crippen LogP contribution >= 0.6 is 27.7 Å². The first kappa shape index (κ1) is 13.1. The summed E-state index contributed by atoms with van der Waals surface area (Å²) in [7, 11) is 0. The molecule has 0 radical (unpaired) electrons. The highest BCUT2D eigenvalue weighted by Gasteiger charge is 2.12. The lowest BCUT2D eigenvalue weighted by Gasteiger charge is -2.06. The van der Waals surface area contributed by atoms with Crippen molar-refractivity contribution in [2.75, 3.05) is 0 Å². The van der Waals surface area contributed by atoms with Crippen LogP contribution in [-0.4, -0.2) is 11.1 Å². The Hall–Kier alpha value is -1.33.